The fourth-order valence-electron chi connectivity index (χ4n) is 6.16. The van der Waals surface area contributed by atoms with Crippen LogP contribution in [0.25, 0.3) is 27.6 Å². The van der Waals surface area contributed by atoms with E-state index in [2.05, 4.69) is 78.4 Å². The quantitative estimate of drug-likeness (QED) is 0.223. The molecule has 4 heteroatoms. The normalized spacial score (nSPS) is 14.7. The topological polar surface area (TPSA) is 48.1 Å². The van der Waals surface area contributed by atoms with Crippen molar-refractivity contribution in [2.75, 3.05) is 0 Å². The van der Waals surface area contributed by atoms with Crippen molar-refractivity contribution in [3.05, 3.63) is 141 Å². The summed E-state index contributed by atoms with van der Waals surface area (Å²) in [6.45, 7) is 0. The number of rotatable bonds is 2. The molecule has 1 spiro atoms. The van der Waals surface area contributed by atoms with E-state index < -0.39 is 5.41 Å². The summed E-state index contributed by atoms with van der Waals surface area (Å²) in [6.07, 6.45) is 2.38. The molecule has 162 valence electrons. The zero-order chi connectivity index (χ0) is 23.0. The lowest BCUT2D eigenvalue weighted by molar-refractivity contribution is -0.384. The number of aromatic nitrogens is 1. The molecule has 0 atom stereocenters. The van der Waals surface area contributed by atoms with Gasteiger partial charge in [-0.3, -0.25) is 10.1 Å². The Bertz CT molecular complexity index is 1650. The van der Waals surface area contributed by atoms with E-state index in [1.165, 1.54) is 27.9 Å². The second-order valence-electron chi connectivity index (χ2n) is 9.06. The van der Waals surface area contributed by atoms with Gasteiger partial charge in [-0.2, -0.15) is 0 Å². The number of nitrogens with zero attached hydrogens (tertiary/aromatic N) is 2. The molecule has 4 nitrogen and oxygen atoms in total. The molecule has 0 fully saturated rings. The highest BCUT2D eigenvalue weighted by Gasteiger charge is 2.50. The molecule has 2 aliphatic carbocycles. The largest absolute Gasteiger partial charge is 0.346 e. The predicted molar refractivity (Wildman–Crippen MR) is 135 cm³/mol. The molecule has 0 saturated heterocycles. The van der Waals surface area contributed by atoms with E-state index in [1.807, 2.05) is 24.3 Å². The molecule has 0 bridgehead atoms. The molecule has 1 aromatic heterocycles. The number of aryl methyl sites for hydroxylation is 1. The molecular formula is C30H20N2O2. The lowest BCUT2D eigenvalue weighted by Crippen LogP contribution is -2.25. The van der Waals surface area contributed by atoms with Gasteiger partial charge in [-0.05, 0) is 39.5 Å². The molecule has 0 N–H and O–H groups in total. The third-order valence-electron chi connectivity index (χ3n) is 7.48. The van der Waals surface area contributed by atoms with Crippen molar-refractivity contribution in [3.63, 3.8) is 0 Å². The highest BCUT2D eigenvalue weighted by Crippen LogP contribution is 2.60. The lowest BCUT2D eigenvalue weighted by atomic mass is 9.77. The van der Waals surface area contributed by atoms with Crippen LogP contribution in [0.5, 0.6) is 0 Å². The number of nitro benzene ring substituents is 1. The Morgan fingerprint density at radius 3 is 2.06 bits per heavy atom. The molecule has 4 aromatic carbocycles. The van der Waals surface area contributed by atoms with E-state index >= 15 is 0 Å². The fourth-order valence-corrected chi connectivity index (χ4v) is 6.16. The van der Waals surface area contributed by atoms with Gasteiger partial charge in [0.2, 0.25) is 0 Å². The van der Waals surface area contributed by atoms with E-state index in [9.17, 15) is 10.1 Å². The van der Waals surface area contributed by atoms with Gasteiger partial charge in [0.05, 0.1) is 10.3 Å². The van der Waals surface area contributed by atoms with E-state index in [4.69, 9.17) is 0 Å². The number of benzene rings is 4. The van der Waals surface area contributed by atoms with Gasteiger partial charge in [0.1, 0.15) is 0 Å². The van der Waals surface area contributed by atoms with Crippen molar-refractivity contribution < 1.29 is 4.92 Å². The summed E-state index contributed by atoms with van der Waals surface area (Å²) in [7, 11) is 2.08. The number of nitro groups is 1. The molecule has 0 amide bonds. The van der Waals surface area contributed by atoms with Crippen LogP contribution in [0.1, 0.15) is 27.9 Å². The van der Waals surface area contributed by atoms with Gasteiger partial charge in [-0.15, -0.1) is 0 Å². The van der Waals surface area contributed by atoms with Gasteiger partial charge in [-0.25, -0.2) is 0 Å². The zero-order valence-electron chi connectivity index (χ0n) is 18.5. The number of allylic oxidation sites excluding steroid dienone is 1. The number of non-ortho nitro benzene ring substituents is 1. The Morgan fingerprint density at radius 1 is 0.794 bits per heavy atom. The maximum absolute atomic E-state index is 11.7. The Morgan fingerprint density at radius 2 is 1.41 bits per heavy atom. The van der Waals surface area contributed by atoms with Crippen LogP contribution in [-0.2, 0) is 12.5 Å². The van der Waals surface area contributed by atoms with Crippen molar-refractivity contribution in [2.45, 2.75) is 5.41 Å². The van der Waals surface area contributed by atoms with E-state index in [1.54, 1.807) is 12.1 Å². The predicted octanol–water partition coefficient (Wildman–Crippen LogP) is 6.85. The average Bonchev–Trinajstić information content (AvgIpc) is 3.48. The maximum atomic E-state index is 11.7. The Balaban J connectivity index is 1.68. The van der Waals surface area contributed by atoms with Crippen LogP contribution >= 0.6 is 0 Å². The first-order valence-corrected chi connectivity index (χ1v) is 11.4. The number of fused-ring (bicyclic) bond motifs is 9. The number of hydrogen-bond donors (Lipinski definition) is 0. The molecule has 0 aliphatic heterocycles. The average molecular weight is 441 g/mol. The zero-order valence-corrected chi connectivity index (χ0v) is 18.5. The van der Waals surface area contributed by atoms with Crippen LogP contribution in [-0.4, -0.2) is 9.49 Å². The molecule has 0 unspecified atom stereocenters. The second-order valence-corrected chi connectivity index (χ2v) is 9.06. The highest BCUT2D eigenvalue weighted by molar-refractivity contribution is 6.06. The molecule has 34 heavy (non-hydrogen) atoms. The third-order valence-corrected chi connectivity index (χ3v) is 7.48. The van der Waals surface area contributed by atoms with Crippen LogP contribution in [0.2, 0.25) is 0 Å². The van der Waals surface area contributed by atoms with Gasteiger partial charge in [-0.1, -0.05) is 84.9 Å². The maximum Gasteiger partial charge on any atom is 0.270 e. The van der Waals surface area contributed by atoms with Crippen molar-refractivity contribution in [3.8, 4) is 11.1 Å². The van der Waals surface area contributed by atoms with Crippen molar-refractivity contribution in [2.24, 2.45) is 7.05 Å². The molecule has 5 aromatic rings. The van der Waals surface area contributed by atoms with Gasteiger partial charge in [0.25, 0.3) is 5.69 Å². The summed E-state index contributed by atoms with van der Waals surface area (Å²) >= 11 is 0. The van der Waals surface area contributed by atoms with Gasteiger partial charge in [0, 0.05) is 41.3 Å². The van der Waals surface area contributed by atoms with E-state index in [0.717, 1.165) is 27.6 Å². The molecule has 0 saturated carbocycles. The minimum absolute atomic E-state index is 0.112. The first-order chi connectivity index (χ1) is 16.6. The first-order valence-electron chi connectivity index (χ1n) is 11.4. The van der Waals surface area contributed by atoms with Crippen LogP contribution in [0.4, 0.5) is 5.69 Å². The molecule has 0 radical (unpaired) electrons. The molecule has 7 rings (SSSR count). The van der Waals surface area contributed by atoms with Crippen molar-refractivity contribution in [1.82, 2.24) is 4.57 Å². The van der Waals surface area contributed by atoms with Crippen LogP contribution in [0.3, 0.4) is 0 Å². The molecular weight excluding hydrogens is 420 g/mol. The minimum atomic E-state index is -0.462. The summed E-state index contributed by atoms with van der Waals surface area (Å²) < 4.78 is 2.24. The Hall–Kier alpha value is -4.44. The monoisotopic (exact) mass is 440 g/mol. The van der Waals surface area contributed by atoms with Crippen LogP contribution in [0, 0.1) is 10.1 Å². The summed E-state index contributed by atoms with van der Waals surface area (Å²) in [5.41, 5.74) is 10.1. The van der Waals surface area contributed by atoms with Gasteiger partial charge in [0.15, 0.2) is 0 Å². The van der Waals surface area contributed by atoms with E-state index in [0.29, 0.717) is 0 Å². The summed E-state index contributed by atoms with van der Waals surface area (Å²) in [6, 6.07) is 32.8. The Kier molecular flexibility index (Phi) is 3.67. The van der Waals surface area contributed by atoms with Crippen molar-refractivity contribution >= 4 is 22.2 Å². The molecule has 2 aliphatic rings. The number of hydrogen-bond acceptors (Lipinski definition) is 2. The van der Waals surface area contributed by atoms with Crippen molar-refractivity contribution in [1.29, 1.82) is 0 Å². The summed E-state index contributed by atoms with van der Waals surface area (Å²) in [4.78, 5) is 11.4. The SMILES string of the molecule is Cn1c2c(c3cc([N+](=O)[O-])ccc31)C(c1ccccc1)=CC21c2ccccc2-c2ccccc21. The fraction of sp³-hybridized carbons (Fsp3) is 0.0667. The van der Waals surface area contributed by atoms with E-state index in [-0.39, 0.29) is 10.6 Å². The van der Waals surface area contributed by atoms with Gasteiger partial charge < -0.3 is 4.57 Å². The summed E-state index contributed by atoms with van der Waals surface area (Å²) in [5.74, 6) is 0. The lowest BCUT2D eigenvalue weighted by Gasteiger charge is -2.27. The third kappa shape index (κ3) is 2.22. The minimum Gasteiger partial charge on any atom is -0.346 e. The smallest absolute Gasteiger partial charge is 0.270 e. The second kappa shape index (κ2) is 6.55. The first kappa shape index (κ1) is 19.1. The van der Waals surface area contributed by atoms with Crippen LogP contribution < -0.4 is 0 Å². The summed E-state index contributed by atoms with van der Waals surface area (Å²) in [5, 5.41) is 12.6. The molecule has 1 heterocycles. The highest BCUT2D eigenvalue weighted by atomic mass is 16.6. The standard InChI is InChI=1S/C30H20N2O2/c1-31-27-16-15-20(32(33)34)17-23(27)28-24(19-9-3-2-4-10-19)18-30(29(28)31)25-13-7-5-11-21(25)22-12-6-8-14-26(22)30/h2-18H,1H3. The van der Waals surface area contributed by atoms with Gasteiger partial charge >= 0.3 is 0 Å². The van der Waals surface area contributed by atoms with Crippen LogP contribution in [0.15, 0.2) is 103 Å². The Labute approximate surface area is 196 Å².